The first kappa shape index (κ1) is 12.1. The van der Waals surface area contributed by atoms with Crippen molar-refractivity contribution >= 4 is 10.8 Å². The number of fused-ring (bicyclic) bond motifs is 3. The maximum Gasteiger partial charge on any atom is 0.119 e. The molecule has 0 heterocycles. The second-order valence-corrected chi connectivity index (χ2v) is 7.65. The molecule has 2 aromatic rings. The van der Waals surface area contributed by atoms with E-state index in [1.807, 2.05) is 0 Å². The van der Waals surface area contributed by atoms with Crippen molar-refractivity contribution in [1.29, 1.82) is 0 Å². The zero-order chi connectivity index (χ0) is 14.2. The van der Waals surface area contributed by atoms with Gasteiger partial charge in [-0.2, -0.15) is 0 Å². The molecule has 2 saturated carbocycles. The highest BCUT2D eigenvalue weighted by Crippen LogP contribution is 2.76. The molecule has 108 valence electrons. The van der Waals surface area contributed by atoms with Crippen molar-refractivity contribution in [3.05, 3.63) is 41.5 Å². The van der Waals surface area contributed by atoms with Gasteiger partial charge in [0, 0.05) is 5.41 Å². The molecule has 2 fully saturated rings. The van der Waals surface area contributed by atoms with Crippen LogP contribution < -0.4 is 4.74 Å². The number of benzene rings is 2. The van der Waals surface area contributed by atoms with Crippen LogP contribution in [0.1, 0.15) is 43.7 Å². The zero-order valence-corrected chi connectivity index (χ0v) is 12.9. The fourth-order valence-corrected chi connectivity index (χ4v) is 5.72. The van der Waals surface area contributed by atoms with Crippen molar-refractivity contribution in [2.24, 2.45) is 11.3 Å². The molecule has 1 nitrogen and oxygen atoms in total. The van der Waals surface area contributed by atoms with E-state index in [2.05, 4.69) is 37.3 Å². The maximum absolute atomic E-state index is 5.38. The van der Waals surface area contributed by atoms with E-state index in [1.54, 1.807) is 18.2 Å². The number of methoxy groups -OCH3 is 1. The van der Waals surface area contributed by atoms with Crippen LogP contribution in [0.2, 0.25) is 0 Å². The Morgan fingerprint density at radius 1 is 1.14 bits per heavy atom. The van der Waals surface area contributed by atoms with Crippen molar-refractivity contribution in [3.63, 3.8) is 0 Å². The predicted octanol–water partition coefficient (Wildman–Crippen LogP) is 4.85. The highest BCUT2D eigenvalue weighted by molar-refractivity contribution is 5.89. The highest BCUT2D eigenvalue weighted by atomic mass is 16.5. The minimum absolute atomic E-state index is 0.536. The van der Waals surface area contributed by atoms with Crippen LogP contribution in [0.3, 0.4) is 0 Å². The highest BCUT2D eigenvalue weighted by Gasteiger charge is 2.70. The standard InChI is InChI=1S/C20H22O/c1-19-9-7-14-12-20(14,19)18-6-3-13-11-15(21-2)4-5-16(13)17(18)8-10-19/h3-6,11,14H,7-10,12H2,1-2H3/t14-,19+,20+/m1/s1. The third kappa shape index (κ3) is 1.29. The molecular weight excluding hydrogens is 256 g/mol. The third-order valence-corrected chi connectivity index (χ3v) is 6.97. The lowest BCUT2D eigenvalue weighted by Crippen LogP contribution is -2.35. The van der Waals surface area contributed by atoms with Crippen LogP contribution in [0, 0.1) is 11.3 Å². The van der Waals surface area contributed by atoms with Gasteiger partial charge in [0.1, 0.15) is 5.75 Å². The molecule has 0 unspecified atom stereocenters. The van der Waals surface area contributed by atoms with E-state index >= 15 is 0 Å². The summed E-state index contributed by atoms with van der Waals surface area (Å²) in [7, 11) is 1.75. The number of hydrogen-bond donors (Lipinski definition) is 0. The molecule has 1 spiro atoms. The summed E-state index contributed by atoms with van der Waals surface area (Å²) in [5, 5.41) is 2.80. The van der Waals surface area contributed by atoms with Crippen LogP contribution in [0.15, 0.2) is 30.3 Å². The van der Waals surface area contributed by atoms with Crippen LogP contribution in [-0.4, -0.2) is 7.11 Å². The third-order valence-electron chi connectivity index (χ3n) is 6.97. The monoisotopic (exact) mass is 278 g/mol. The van der Waals surface area contributed by atoms with Gasteiger partial charge in [-0.05, 0) is 77.5 Å². The molecule has 0 bridgehead atoms. The first-order valence-corrected chi connectivity index (χ1v) is 8.28. The second kappa shape index (κ2) is 3.63. The van der Waals surface area contributed by atoms with Gasteiger partial charge in [-0.3, -0.25) is 0 Å². The fourth-order valence-electron chi connectivity index (χ4n) is 5.72. The Hall–Kier alpha value is -1.50. The van der Waals surface area contributed by atoms with Gasteiger partial charge in [0.2, 0.25) is 0 Å². The zero-order valence-electron chi connectivity index (χ0n) is 12.9. The van der Waals surface area contributed by atoms with E-state index in [1.165, 1.54) is 42.9 Å². The minimum Gasteiger partial charge on any atom is -0.497 e. The summed E-state index contributed by atoms with van der Waals surface area (Å²) in [5.74, 6) is 1.93. The first-order valence-electron chi connectivity index (χ1n) is 8.28. The maximum atomic E-state index is 5.38. The van der Waals surface area contributed by atoms with Crippen LogP contribution in [0.5, 0.6) is 5.75 Å². The lowest BCUT2D eigenvalue weighted by atomic mass is 9.62. The van der Waals surface area contributed by atoms with Crippen molar-refractivity contribution in [1.82, 2.24) is 0 Å². The van der Waals surface area contributed by atoms with E-state index in [-0.39, 0.29) is 0 Å². The molecule has 0 radical (unpaired) electrons. The van der Waals surface area contributed by atoms with Gasteiger partial charge in [0.05, 0.1) is 7.11 Å². The number of hydrogen-bond acceptors (Lipinski definition) is 1. The van der Waals surface area contributed by atoms with Crippen molar-refractivity contribution in [2.75, 3.05) is 7.11 Å². The average Bonchev–Trinajstić information content (AvgIpc) is 3.17. The van der Waals surface area contributed by atoms with Gasteiger partial charge in [0.25, 0.3) is 0 Å². The summed E-state index contributed by atoms with van der Waals surface area (Å²) in [4.78, 5) is 0. The molecular formula is C20H22O. The van der Waals surface area contributed by atoms with E-state index < -0.39 is 0 Å². The Morgan fingerprint density at radius 3 is 2.86 bits per heavy atom. The van der Waals surface area contributed by atoms with E-state index in [4.69, 9.17) is 4.74 Å². The van der Waals surface area contributed by atoms with Crippen molar-refractivity contribution in [3.8, 4) is 5.75 Å². The van der Waals surface area contributed by atoms with Gasteiger partial charge in [0.15, 0.2) is 0 Å². The van der Waals surface area contributed by atoms with Crippen molar-refractivity contribution < 1.29 is 4.74 Å². The van der Waals surface area contributed by atoms with E-state index in [0.29, 0.717) is 10.8 Å². The smallest absolute Gasteiger partial charge is 0.119 e. The Kier molecular flexibility index (Phi) is 2.09. The summed E-state index contributed by atoms with van der Waals surface area (Å²) in [6.07, 6.45) is 6.97. The van der Waals surface area contributed by atoms with Crippen LogP contribution >= 0.6 is 0 Å². The van der Waals surface area contributed by atoms with E-state index in [0.717, 1.165) is 11.7 Å². The summed E-state index contributed by atoms with van der Waals surface area (Å²) in [6, 6.07) is 11.3. The molecule has 3 atom stereocenters. The fraction of sp³-hybridized carbons (Fsp3) is 0.500. The van der Waals surface area contributed by atoms with Crippen molar-refractivity contribution in [2.45, 2.75) is 44.4 Å². The summed E-state index contributed by atoms with van der Waals surface area (Å²) in [6.45, 7) is 2.56. The lowest BCUT2D eigenvalue weighted by molar-refractivity contribution is 0.211. The van der Waals surface area contributed by atoms with Gasteiger partial charge in [-0.15, -0.1) is 0 Å². The van der Waals surface area contributed by atoms with E-state index in [9.17, 15) is 0 Å². The molecule has 1 heteroatoms. The van der Waals surface area contributed by atoms with Gasteiger partial charge in [-0.1, -0.05) is 25.1 Å². The summed E-state index contributed by atoms with van der Waals surface area (Å²) >= 11 is 0. The average molecular weight is 278 g/mol. The number of aryl methyl sites for hydroxylation is 1. The molecule has 3 aliphatic rings. The minimum atomic E-state index is 0.536. The second-order valence-electron chi connectivity index (χ2n) is 7.65. The Bertz CT molecular complexity index is 762. The Balaban J connectivity index is 1.76. The summed E-state index contributed by atoms with van der Waals surface area (Å²) in [5.41, 5.74) is 4.44. The molecule has 0 N–H and O–H groups in total. The van der Waals surface area contributed by atoms with Crippen LogP contribution in [0.4, 0.5) is 0 Å². The van der Waals surface area contributed by atoms with Crippen LogP contribution in [0.25, 0.3) is 10.8 Å². The summed E-state index contributed by atoms with van der Waals surface area (Å²) < 4.78 is 5.38. The number of ether oxygens (including phenoxy) is 1. The first-order chi connectivity index (χ1) is 10.2. The topological polar surface area (TPSA) is 9.23 Å². The Labute approximate surface area is 126 Å². The quantitative estimate of drug-likeness (QED) is 0.724. The molecule has 0 saturated heterocycles. The molecule has 0 aromatic heterocycles. The predicted molar refractivity (Wildman–Crippen MR) is 85.9 cm³/mol. The van der Waals surface area contributed by atoms with Gasteiger partial charge >= 0.3 is 0 Å². The molecule has 0 aliphatic heterocycles. The molecule has 0 amide bonds. The molecule has 21 heavy (non-hydrogen) atoms. The SMILES string of the molecule is COc1ccc2c3c(ccc2c1)[C@]12C[C@H]1CC[C@@]2(C)CC3. The Morgan fingerprint density at radius 2 is 2.05 bits per heavy atom. The molecule has 2 aromatic carbocycles. The molecule has 5 rings (SSSR count). The molecule has 3 aliphatic carbocycles. The van der Waals surface area contributed by atoms with Gasteiger partial charge < -0.3 is 4.74 Å². The normalized spacial score (nSPS) is 36.0. The van der Waals surface area contributed by atoms with Crippen LogP contribution in [-0.2, 0) is 11.8 Å². The number of rotatable bonds is 1. The largest absolute Gasteiger partial charge is 0.497 e. The lowest BCUT2D eigenvalue weighted by Gasteiger charge is -2.41. The van der Waals surface area contributed by atoms with Gasteiger partial charge in [-0.25, -0.2) is 0 Å².